The molecule has 114 valence electrons. The third-order valence-electron chi connectivity index (χ3n) is 2.74. The largest absolute Gasteiger partial charge is 0.464 e. The maximum absolute atomic E-state index is 11.7. The molecule has 0 fully saturated rings. The van der Waals surface area contributed by atoms with E-state index < -0.39 is 18.1 Å². The van der Waals surface area contributed by atoms with Crippen LogP contribution in [-0.4, -0.2) is 24.7 Å². The molecule has 0 aliphatic heterocycles. The third kappa shape index (κ3) is 6.61. The van der Waals surface area contributed by atoms with Crippen molar-refractivity contribution in [3.05, 3.63) is 48.6 Å². The van der Waals surface area contributed by atoms with Crippen molar-refractivity contribution in [1.29, 1.82) is 0 Å². The van der Waals surface area contributed by atoms with Crippen molar-refractivity contribution in [2.24, 2.45) is 0 Å². The number of carbonyl (C=O) groups excluding carboxylic acids is 2. The quantitative estimate of drug-likeness (QED) is 0.591. The van der Waals surface area contributed by atoms with E-state index in [0.29, 0.717) is 12.8 Å². The lowest BCUT2D eigenvalue weighted by Crippen LogP contribution is -2.42. The predicted molar refractivity (Wildman–Crippen MR) is 79.6 cm³/mol. The summed E-state index contributed by atoms with van der Waals surface area (Å²) in [5.41, 5.74) is 0.881. The van der Waals surface area contributed by atoms with E-state index in [9.17, 15) is 9.59 Å². The molecule has 1 rings (SSSR count). The number of amides is 1. The van der Waals surface area contributed by atoms with Gasteiger partial charge in [-0.15, -0.1) is 6.58 Å². The van der Waals surface area contributed by atoms with Gasteiger partial charge in [0.2, 0.25) is 0 Å². The average Bonchev–Trinajstić information content (AvgIpc) is 2.50. The fraction of sp³-hybridized carbons (Fsp3) is 0.375. The Labute approximate surface area is 124 Å². The summed E-state index contributed by atoms with van der Waals surface area (Å²) in [6, 6.07) is 8.60. The molecular weight excluding hydrogens is 270 g/mol. The SMILES string of the molecule is C=CCCC(NC(=O)OCc1ccccc1)C(=O)OCC. The molecule has 0 saturated carbocycles. The lowest BCUT2D eigenvalue weighted by Gasteiger charge is -2.16. The number of rotatable bonds is 8. The van der Waals surface area contributed by atoms with Gasteiger partial charge in [-0.3, -0.25) is 0 Å². The Balaban J connectivity index is 2.46. The van der Waals surface area contributed by atoms with E-state index in [0.717, 1.165) is 5.56 Å². The molecule has 21 heavy (non-hydrogen) atoms. The van der Waals surface area contributed by atoms with Gasteiger partial charge in [0.15, 0.2) is 0 Å². The van der Waals surface area contributed by atoms with Crippen molar-refractivity contribution in [2.75, 3.05) is 6.61 Å². The van der Waals surface area contributed by atoms with Crippen LogP contribution in [0.1, 0.15) is 25.3 Å². The number of ether oxygens (including phenoxy) is 2. The highest BCUT2D eigenvalue weighted by Crippen LogP contribution is 2.04. The highest BCUT2D eigenvalue weighted by Gasteiger charge is 2.21. The molecule has 1 aromatic rings. The summed E-state index contributed by atoms with van der Waals surface area (Å²) in [7, 11) is 0. The topological polar surface area (TPSA) is 64.6 Å². The van der Waals surface area contributed by atoms with Crippen LogP contribution in [-0.2, 0) is 20.9 Å². The number of nitrogens with one attached hydrogen (secondary N) is 1. The van der Waals surface area contributed by atoms with Crippen molar-refractivity contribution in [2.45, 2.75) is 32.4 Å². The van der Waals surface area contributed by atoms with Gasteiger partial charge in [-0.2, -0.15) is 0 Å². The molecule has 0 radical (unpaired) electrons. The Morgan fingerprint density at radius 2 is 2.00 bits per heavy atom. The van der Waals surface area contributed by atoms with Crippen molar-refractivity contribution in [3.8, 4) is 0 Å². The number of alkyl carbamates (subject to hydrolysis) is 1. The summed E-state index contributed by atoms with van der Waals surface area (Å²) in [5, 5.41) is 2.52. The van der Waals surface area contributed by atoms with Gasteiger partial charge in [0.1, 0.15) is 12.6 Å². The van der Waals surface area contributed by atoms with Gasteiger partial charge in [0.05, 0.1) is 6.61 Å². The number of hydrogen-bond acceptors (Lipinski definition) is 4. The molecule has 0 saturated heterocycles. The van der Waals surface area contributed by atoms with E-state index in [1.54, 1.807) is 13.0 Å². The molecule has 0 heterocycles. The van der Waals surface area contributed by atoms with E-state index in [2.05, 4.69) is 11.9 Å². The minimum Gasteiger partial charge on any atom is -0.464 e. The Morgan fingerprint density at radius 1 is 1.29 bits per heavy atom. The fourth-order valence-corrected chi connectivity index (χ4v) is 1.68. The van der Waals surface area contributed by atoms with Gasteiger partial charge in [-0.1, -0.05) is 36.4 Å². The van der Waals surface area contributed by atoms with Gasteiger partial charge >= 0.3 is 12.1 Å². The highest BCUT2D eigenvalue weighted by atomic mass is 16.6. The van der Waals surface area contributed by atoms with Crippen LogP contribution in [0.25, 0.3) is 0 Å². The molecule has 0 spiro atoms. The lowest BCUT2D eigenvalue weighted by atomic mass is 10.1. The zero-order valence-corrected chi connectivity index (χ0v) is 12.2. The first-order chi connectivity index (χ1) is 10.2. The molecule has 1 unspecified atom stereocenters. The maximum Gasteiger partial charge on any atom is 0.408 e. The number of benzene rings is 1. The first-order valence-electron chi connectivity index (χ1n) is 6.92. The third-order valence-corrected chi connectivity index (χ3v) is 2.74. The molecular formula is C16H21NO4. The van der Waals surface area contributed by atoms with E-state index >= 15 is 0 Å². The van der Waals surface area contributed by atoms with Crippen molar-refractivity contribution in [3.63, 3.8) is 0 Å². The Kier molecular flexibility index (Phi) is 7.64. The first-order valence-corrected chi connectivity index (χ1v) is 6.92. The van der Waals surface area contributed by atoms with Crippen LogP contribution in [0.2, 0.25) is 0 Å². The summed E-state index contributed by atoms with van der Waals surface area (Å²) in [4.78, 5) is 23.5. The summed E-state index contributed by atoms with van der Waals surface area (Å²) in [6.45, 7) is 5.74. The minimum absolute atomic E-state index is 0.156. The number of carbonyl (C=O) groups is 2. The second kappa shape index (κ2) is 9.58. The second-order valence-electron chi connectivity index (χ2n) is 4.38. The Bertz CT molecular complexity index is 459. The second-order valence-corrected chi connectivity index (χ2v) is 4.38. The standard InChI is InChI=1S/C16H21NO4/c1-3-5-11-14(15(18)20-4-2)17-16(19)21-12-13-9-7-6-8-10-13/h3,6-10,14H,1,4-5,11-12H2,2H3,(H,17,19). The van der Waals surface area contributed by atoms with Crippen LogP contribution in [0.3, 0.4) is 0 Å². The van der Waals surface area contributed by atoms with Gasteiger partial charge < -0.3 is 14.8 Å². The maximum atomic E-state index is 11.7. The number of allylic oxidation sites excluding steroid dienone is 1. The smallest absolute Gasteiger partial charge is 0.408 e. The molecule has 5 nitrogen and oxygen atoms in total. The van der Waals surface area contributed by atoms with Crippen LogP contribution in [0.5, 0.6) is 0 Å². The predicted octanol–water partition coefficient (Wildman–Crippen LogP) is 2.81. The van der Waals surface area contributed by atoms with Gasteiger partial charge in [0, 0.05) is 0 Å². The minimum atomic E-state index is -0.716. The Morgan fingerprint density at radius 3 is 2.62 bits per heavy atom. The molecule has 0 aromatic heterocycles. The fourth-order valence-electron chi connectivity index (χ4n) is 1.68. The van der Waals surface area contributed by atoms with Crippen LogP contribution in [0.15, 0.2) is 43.0 Å². The van der Waals surface area contributed by atoms with E-state index in [1.165, 1.54) is 0 Å². The molecule has 1 amide bonds. The van der Waals surface area contributed by atoms with Gasteiger partial charge in [-0.25, -0.2) is 9.59 Å². The molecule has 1 atom stereocenters. The molecule has 0 bridgehead atoms. The molecule has 1 aromatic carbocycles. The van der Waals surface area contributed by atoms with Crippen LogP contribution in [0.4, 0.5) is 4.79 Å². The summed E-state index contributed by atoms with van der Waals surface area (Å²) in [5.74, 6) is -0.462. The van der Waals surface area contributed by atoms with Crippen molar-refractivity contribution < 1.29 is 19.1 Å². The average molecular weight is 291 g/mol. The van der Waals surface area contributed by atoms with Crippen molar-refractivity contribution in [1.82, 2.24) is 5.32 Å². The lowest BCUT2D eigenvalue weighted by molar-refractivity contribution is -0.145. The summed E-state index contributed by atoms with van der Waals surface area (Å²) >= 11 is 0. The molecule has 0 aliphatic rings. The number of hydrogen-bond donors (Lipinski definition) is 1. The first kappa shape index (κ1) is 16.8. The summed E-state index contributed by atoms with van der Waals surface area (Å²) in [6.07, 6.45) is 2.08. The normalized spacial score (nSPS) is 11.3. The Hall–Kier alpha value is -2.30. The van der Waals surface area contributed by atoms with E-state index in [4.69, 9.17) is 9.47 Å². The zero-order valence-electron chi connectivity index (χ0n) is 12.2. The summed E-state index contributed by atoms with van der Waals surface area (Å²) < 4.78 is 10.0. The molecule has 5 heteroatoms. The number of esters is 1. The molecule has 0 aliphatic carbocycles. The van der Waals surface area contributed by atoms with Gasteiger partial charge in [-0.05, 0) is 25.3 Å². The van der Waals surface area contributed by atoms with Crippen LogP contribution >= 0.6 is 0 Å². The molecule has 1 N–H and O–H groups in total. The van der Waals surface area contributed by atoms with Gasteiger partial charge in [0.25, 0.3) is 0 Å². The van der Waals surface area contributed by atoms with E-state index in [1.807, 2.05) is 30.3 Å². The highest BCUT2D eigenvalue weighted by molar-refractivity contribution is 5.81. The van der Waals surface area contributed by atoms with Crippen molar-refractivity contribution >= 4 is 12.1 Å². The zero-order chi connectivity index (χ0) is 15.5. The van der Waals surface area contributed by atoms with Crippen LogP contribution < -0.4 is 5.32 Å². The van der Waals surface area contributed by atoms with Crippen LogP contribution in [0, 0.1) is 0 Å². The van der Waals surface area contributed by atoms with E-state index in [-0.39, 0.29) is 13.2 Å². The monoisotopic (exact) mass is 291 g/mol.